The lowest BCUT2D eigenvalue weighted by Gasteiger charge is -2.30. The number of carbonyl (C=O) groups excluding carboxylic acids is 2. The molecule has 0 aromatic heterocycles. The molecule has 3 aliphatic rings. The number of aliphatic carboxylic acids is 1. The van der Waals surface area contributed by atoms with Gasteiger partial charge in [-0.15, -0.1) is 0 Å². The first-order chi connectivity index (χ1) is 15.9. The van der Waals surface area contributed by atoms with Crippen molar-refractivity contribution in [1.29, 1.82) is 5.41 Å². The number of amides is 2. The number of nitrogens with zero attached hydrogens (tertiary/aromatic N) is 2. The molecule has 33 heavy (non-hydrogen) atoms. The Morgan fingerprint density at radius 1 is 1.06 bits per heavy atom. The summed E-state index contributed by atoms with van der Waals surface area (Å²) < 4.78 is 0. The van der Waals surface area contributed by atoms with E-state index in [0.29, 0.717) is 5.56 Å². The summed E-state index contributed by atoms with van der Waals surface area (Å²) in [6.45, 7) is 0.795. The molecule has 3 saturated heterocycles. The van der Waals surface area contributed by atoms with E-state index in [0.717, 1.165) is 35.4 Å². The Morgan fingerprint density at radius 3 is 2.36 bits per heavy atom. The average Bonchev–Trinajstić information content (AvgIpc) is 3.45. The number of benzene rings is 2. The van der Waals surface area contributed by atoms with E-state index in [4.69, 9.17) is 11.1 Å². The van der Waals surface area contributed by atoms with Crippen LogP contribution in [0.15, 0.2) is 54.6 Å². The van der Waals surface area contributed by atoms with Crippen LogP contribution in [-0.2, 0) is 20.8 Å². The second-order valence-electron chi connectivity index (χ2n) is 9.07. The van der Waals surface area contributed by atoms with Crippen LogP contribution in [-0.4, -0.2) is 57.2 Å². The molecule has 0 spiro atoms. The average molecular weight is 447 g/mol. The number of hydrogen-bond acceptors (Lipinski definition) is 5. The van der Waals surface area contributed by atoms with Crippen molar-refractivity contribution in [3.63, 3.8) is 0 Å². The number of carboxylic acid groups (broad SMARTS) is 1. The molecule has 8 nitrogen and oxygen atoms in total. The number of likely N-dealkylation sites (tertiary alicyclic amines) is 1. The summed E-state index contributed by atoms with van der Waals surface area (Å²) in [4.78, 5) is 42.7. The molecule has 3 heterocycles. The summed E-state index contributed by atoms with van der Waals surface area (Å²) in [6.07, 6.45) is 1.83. The molecule has 2 aromatic carbocycles. The van der Waals surface area contributed by atoms with Gasteiger partial charge < -0.3 is 10.8 Å². The molecule has 2 aromatic rings. The van der Waals surface area contributed by atoms with Gasteiger partial charge in [-0.1, -0.05) is 54.6 Å². The van der Waals surface area contributed by atoms with Gasteiger partial charge in [-0.2, -0.15) is 0 Å². The highest BCUT2D eigenvalue weighted by Crippen LogP contribution is 2.53. The van der Waals surface area contributed by atoms with E-state index in [9.17, 15) is 19.5 Å². The Bertz CT molecular complexity index is 1120. The lowest BCUT2D eigenvalue weighted by molar-refractivity contribution is -0.155. The maximum Gasteiger partial charge on any atom is 0.327 e. The second kappa shape index (κ2) is 8.12. The Hall–Kier alpha value is -3.52. The van der Waals surface area contributed by atoms with Crippen molar-refractivity contribution in [3.05, 3.63) is 71.3 Å². The van der Waals surface area contributed by atoms with Gasteiger partial charge in [0.05, 0.1) is 11.8 Å². The van der Waals surface area contributed by atoms with E-state index in [1.54, 1.807) is 24.3 Å². The molecule has 5 rings (SSSR count). The van der Waals surface area contributed by atoms with Crippen LogP contribution < -0.4 is 5.73 Å². The predicted octanol–water partition coefficient (Wildman–Crippen LogP) is 1.79. The standard InChI is InChI=1S/C25H26N4O4/c26-22(27)16-10-8-15(9-11-16)21-20-19(17-7-4-12-28(17)21)23(30)29(24(20)31)18(25(32)33)13-14-5-2-1-3-6-14/h1-3,5-6,8-11,17-21H,4,7,12-13H2,(H3,26,27)(H,32,33). The Kier molecular flexibility index (Phi) is 5.25. The Labute approximate surface area is 191 Å². The molecule has 0 saturated carbocycles. The minimum Gasteiger partial charge on any atom is -0.480 e. The summed E-state index contributed by atoms with van der Waals surface area (Å²) in [5.41, 5.74) is 7.83. The van der Waals surface area contributed by atoms with Crippen molar-refractivity contribution < 1.29 is 19.5 Å². The molecule has 8 heteroatoms. The number of carbonyl (C=O) groups is 3. The molecule has 0 aliphatic carbocycles. The highest BCUT2D eigenvalue weighted by Gasteiger charge is 2.64. The van der Waals surface area contributed by atoms with Crippen LogP contribution in [0.4, 0.5) is 0 Å². The number of imide groups is 1. The predicted molar refractivity (Wildman–Crippen MR) is 120 cm³/mol. The number of rotatable bonds is 6. The quantitative estimate of drug-likeness (QED) is 0.353. The summed E-state index contributed by atoms with van der Waals surface area (Å²) in [5.74, 6) is -3.12. The van der Waals surface area contributed by atoms with Crippen LogP contribution >= 0.6 is 0 Å². The van der Waals surface area contributed by atoms with E-state index in [-0.39, 0.29) is 30.2 Å². The highest BCUT2D eigenvalue weighted by atomic mass is 16.4. The minimum absolute atomic E-state index is 0.0339. The first-order valence-electron chi connectivity index (χ1n) is 11.2. The second-order valence-corrected chi connectivity index (χ2v) is 9.07. The van der Waals surface area contributed by atoms with E-state index in [1.807, 2.05) is 30.3 Å². The fourth-order valence-electron chi connectivity index (χ4n) is 5.92. The Balaban J connectivity index is 1.50. The van der Waals surface area contributed by atoms with Crippen molar-refractivity contribution in [3.8, 4) is 0 Å². The largest absolute Gasteiger partial charge is 0.480 e. The maximum absolute atomic E-state index is 13.7. The van der Waals surface area contributed by atoms with Gasteiger partial charge in [-0.3, -0.25) is 24.8 Å². The molecular formula is C25H26N4O4. The number of nitrogens with two attached hydrogens (primary N) is 1. The number of amidine groups is 1. The molecule has 4 N–H and O–H groups in total. The van der Waals surface area contributed by atoms with E-state index < -0.39 is 29.8 Å². The topological polar surface area (TPSA) is 128 Å². The summed E-state index contributed by atoms with van der Waals surface area (Å²) in [7, 11) is 0. The van der Waals surface area contributed by atoms with E-state index in [2.05, 4.69) is 4.90 Å². The van der Waals surface area contributed by atoms with Crippen LogP contribution in [0.1, 0.15) is 35.6 Å². The monoisotopic (exact) mass is 446 g/mol. The lowest BCUT2D eigenvalue weighted by Crippen LogP contribution is -2.49. The van der Waals surface area contributed by atoms with Crippen LogP contribution in [0.25, 0.3) is 0 Å². The number of nitrogens with one attached hydrogen (secondary N) is 1. The molecule has 2 amide bonds. The number of fused-ring (bicyclic) bond motifs is 3. The summed E-state index contributed by atoms with van der Waals surface area (Å²) in [6, 6.07) is 14.7. The summed E-state index contributed by atoms with van der Waals surface area (Å²) >= 11 is 0. The summed E-state index contributed by atoms with van der Waals surface area (Å²) in [5, 5.41) is 17.6. The van der Waals surface area contributed by atoms with E-state index in [1.165, 1.54) is 0 Å². The molecular weight excluding hydrogens is 420 g/mol. The minimum atomic E-state index is -1.23. The molecule has 0 radical (unpaired) electrons. The van der Waals surface area contributed by atoms with Crippen LogP contribution in [0.5, 0.6) is 0 Å². The van der Waals surface area contributed by atoms with Gasteiger partial charge >= 0.3 is 5.97 Å². The fraction of sp³-hybridized carbons (Fsp3) is 0.360. The van der Waals surface area contributed by atoms with Crippen LogP contribution in [0.3, 0.4) is 0 Å². The zero-order valence-corrected chi connectivity index (χ0v) is 18.1. The van der Waals surface area contributed by atoms with Crippen molar-refractivity contribution in [2.24, 2.45) is 17.6 Å². The van der Waals surface area contributed by atoms with Gasteiger partial charge in [0.25, 0.3) is 0 Å². The molecule has 5 unspecified atom stereocenters. The molecule has 5 atom stereocenters. The van der Waals surface area contributed by atoms with Gasteiger partial charge in [0, 0.05) is 24.1 Å². The third kappa shape index (κ3) is 3.41. The SMILES string of the molecule is N=C(N)c1ccc(C2C3C(=O)N(C(Cc4ccccc4)C(=O)O)C(=O)C3C3CCCN32)cc1. The normalized spacial score (nSPS) is 27.5. The lowest BCUT2D eigenvalue weighted by atomic mass is 9.85. The van der Waals surface area contributed by atoms with Crippen LogP contribution in [0, 0.1) is 17.2 Å². The van der Waals surface area contributed by atoms with E-state index >= 15 is 0 Å². The molecule has 3 fully saturated rings. The highest BCUT2D eigenvalue weighted by molar-refractivity contribution is 6.09. The van der Waals surface area contributed by atoms with Crippen molar-refractivity contribution in [2.75, 3.05) is 6.54 Å². The van der Waals surface area contributed by atoms with Gasteiger partial charge in [0.1, 0.15) is 11.9 Å². The third-order valence-electron chi connectivity index (χ3n) is 7.32. The van der Waals surface area contributed by atoms with Crippen molar-refractivity contribution in [1.82, 2.24) is 9.80 Å². The zero-order chi connectivity index (χ0) is 23.3. The Morgan fingerprint density at radius 2 is 1.73 bits per heavy atom. The van der Waals surface area contributed by atoms with Gasteiger partial charge in [-0.25, -0.2) is 4.79 Å². The fourth-order valence-corrected chi connectivity index (χ4v) is 5.92. The first-order valence-corrected chi connectivity index (χ1v) is 11.2. The van der Waals surface area contributed by atoms with Gasteiger partial charge in [0.15, 0.2) is 0 Å². The molecule has 170 valence electrons. The third-order valence-corrected chi connectivity index (χ3v) is 7.32. The smallest absolute Gasteiger partial charge is 0.327 e. The molecule has 3 aliphatic heterocycles. The van der Waals surface area contributed by atoms with Crippen LogP contribution in [0.2, 0.25) is 0 Å². The molecule has 0 bridgehead atoms. The van der Waals surface area contributed by atoms with Crippen molar-refractivity contribution in [2.45, 2.75) is 37.4 Å². The maximum atomic E-state index is 13.7. The van der Waals surface area contributed by atoms with Crippen molar-refractivity contribution >= 4 is 23.6 Å². The first kappa shape index (κ1) is 21.3. The number of carboxylic acids is 1. The zero-order valence-electron chi connectivity index (χ0n) is 18.1. The number of hydrogen-bond donors (Lipinski definition) is 3. The van der Waals surface area contributed by atoms with Gasteiger partial charge in [0.2, 0.25) is 11.8 Å². The number of nitrogen functional groups attached to an aromatic ring is 1. The van der Waals surface area contributed by atoms with Gasteiger partial charge in [-0.05, 0) is 30.5 Å².